The van der Waals surface area contributed by atoms with Crippen LogP contribution in [0.5, 0.6) is 11.5 Å². The Balaban J connectivity index is 2.54. The highest BCUT2D eigenvalue weighted by atomic mass is 16.3. The zero-order valence-corrected chi connectivity index (χ0v) is 38.1. The predicted molar refractivity (Wildman–Crippen MR) is 250 cm³/mol. The summed E-state index contributed by atoms with van der Waals surface area (Å²) in [5, 5.41) is 46.2. The molecule has 22 heteroatoms. The van der Waals surface area contributed by atoms with Crippen LogP contribution >= 0.6 is 0 Å². The number of nitrogens with two attached hydrogens (primary N) is 5. The van der Waals surface area contributed by atoms with Gasteiger partial charge in [-0.1, -0.05) is 51.0 Å². The van der Waals surface area contributed by atoms with Gasteiger partial charge in [-0.25, -0.2) is 0 Å². The number of aromatic hydroxyl groups is 2. The topological polar surface area (TPSA) is 390 Å². The van der Waals surface area contributed by atoms with Crippen molar-refractivity contribution >= 4 is 47.4 Å². The third-order valence-corrected chi connectivity index (χ3v) is 10.6. The second kappa shape index (κ2) is 29.7. The number of nitrogens with zero attached hydrogens (tertiary/aromatic N) is 2. The van der Waals surface area contributed by atoms with Gasteiger partial charge in [0.15, 0.2) is 11.9 Å². The molecule has 0 spiro atoms. The number of carbonyl (C=O) groups excluding carboxylic acids is 6. The summed E-state index contributed by atoms with van der Waals surface area (Å²) in [7, 11) is 0. The van der Waals surface area contributed by atoms with Crippen molar-refractivity contribution in [1.29, 1.82) is 0 Å². The Hall–Kier alpha value is -6.68. The van der Waals surface area contributed by atoms with Gasteiger partial charge in [-0.2, -0.15) is 0 Å². The van der Waals surface area contributed by atoms with Gasteiger partial charge in [0.05, 0.1) is 12.6 Å². The summed E-state index contributed by atoms with van der Waals surface area (Å²) in [5.41, 5.74) is 28.6. The largest absolute Gasteiger partial charge is 0.508 e. The number of benzene rings is 2. The first kappa shape index (κ1) is 55.5. The lowest BCUT2D eigenvalue weighted by Gasteiger charge is -2.29. The third-order valence-electron chi connectivity index (χ3n) is 10.6. The molecule has 366 valence electrons. The van der Waals surface area contributed by atoms with Crippen LogP contribution in [-0.4, -0.2) is 125 Å². The highest BCUT2D eigenvalue weighted by Crippen LogP contribution is 2.16. The first-order valence-corrected chi connectivity index (χ1v) is 22.1. The molecule has 6 amide bonds. The summed E-state index contributed by atoms with van der Waals surface area (Å²) in [6, 6.07) is 5.01. The van der Waals surface area contributed by atoms with E-state index in [0.29, 0.717) is 49.8 Å². The van der Waals surface area contributed by atoms with Gasteiger partial charge >= 0.3 is 0 Å². The minimum atomic E-state index is -1.40. The number of nitrogens with one attached hydrogen (secondary N) is 6. The van der Waals surface area contributed by atoms with Crippen molar-refractivity contribution in [3.8, 4) is 11.5 Å². The Labute approximate surface area is 385 Å². The Bertz CT molecular complexity index is 1910. The molecule has 2 aromatic rings. The van der Waals surface area contributed by atoms with Crippen LogP contribution in [0.4, 0.5) is 0 Å². The summed E-state index contributed by atoms with van der Waals surface area (Å²) in [5.74, 6) is -4.89. The highest BCUT2D eigenvalue weighted by molar-refractivity contribution is 5.96. The minimum absolute atomic E-state index is 0.00527. The van der Waals surface area contributed by atoms with E-state index < -0.39 is 71.7 Å². The SMILES string of the molecule is CC[C@H](C)[C@H](NC(=O)[C@H](CCCN=C(N)N)NC(=O)[C@H](Cc1ccc(O)cc1)NC(=O)[C@H](Cc1ccc(O)cc1)NC(=O)[C@H](CCCN=C(N)N)NC(C)=O)C(=O)N[C@H](CO)CCCCN. The van der Waals surface area contributed by atoms with Gasteiger partial charge in [0, 0.05) is 32.9 Å². The van der Waals surface area contributed by atoms with E-state index in [1.807, 2.05) is 6.92 Å². The van der Waals surface area contributed by atoms with E-state index in [1.54, 1.807) is 31.2 Å². The van der Waals surface area contributed by atoms with Gasteiger partial charge < -0.3 is 75.9 Å². The third kappa shape index (κ3) is 21.3. The van der Waals surface area contributed by atoms with E-state index in [9.17, 15) is 44.1 Å². The number of phenolic OH excluding ortho intramolecular Hbond substituents is 2. The molecule has 22 nitrogen and oxygen atoms in total. The molecule has 66 heavy (non-hydrogen) atoms. The van der Waals surface area contributed by atoms with Gasteiger partial charge in [-0.15, -0.1) is 0 Å². The first-order valence-electron chi connectivity index (χ1n) is 22.1. The number of unbranched alkanes of at least 4 members (excludes halogenated alkanes) is 1. The van der Waals surface area contributed by atoms with Crippen LogP contribution < -0.4 is 60.6 Å². The average Bonchev–Trinajstić information content (AvgIpc) is 3.27. The summed E-state index contributed by atoms with van der Waals surface area (Å²) in [6.07, 6.45) is 2.65. The molecule has 0 saturated heterocycles. The van der Waals surface area contributed by atoms with Crippen LogP contribution in [0, 0.1) is 5.92 Å². The number of phenols is 2. The van der Waals surface area contributed by atoms with Crippen molar-refractivity contribution in [2.75, 3.05) is 26.2 Å². The number of hydrogen-bond donors (Lipinski definition) is 14. The van der Waals surface area contributed by atoms with Crippen molar-refractivity contribution in [2.24, 2.45) is 44.6 Å². The zero-order chi connectivity index (χ0) is 49.2. The van der Waals surface area contributed by atoms with Crippen LogP contribution in [0.15, 0.2) is 58.5 Å². The molecule has 0 heterocycles. The second-order valence-corrected chi connectivity index (χ2v) is 16.1. The lowest BCUT2D eigenvalue weighted by molar-refractivity contribution is -0.135. The standard InChI is InChI=1S/C44H71N13O9/c1-4-26(2)37(42(66)53-30(25-58)9-5-6-20-45)57-39(63)34(11-8-22-51-44(48)49)54-40(64)35(23-28-12-16-31(60)17-13-28)56-41(65)36(24-29-14-18-32(61)19-15-29)55-38(62)33(52-27(3)59)10-7-21-50-43(46)47/h12-19,26,30,33-37,58,60-61H,4-11,20-25,45H2,1-3H3,(H,52,59)(H,53,66)(H,54,64)(H,55,62)(H,56,65)(H,57,63)(H4,46,47,50)(H4,48,49,51)/t26-,30-,33-,34-,35-,36-,37-/m0/s1. The van der Waals surface area contributed by atoms with E-state index in [1.165, 1.54) is 31.2 Å². The van der Waals surface area contributed by atoms with Crippen LogP contribution in [-0.2, 0) is 41.6 Å². The smallest absolute Gasteiger partial charge is 0.243 e. The van der Waals surface area contributed by atoms with Gasteiger partial charge in [-0.3, -0.25) is 38.8 Å². The fourth-order valence-corrected chi connectivity index (χ4v) is 6.75. The number of aliphatic imine (C=N–C) groups is 2. The molecular formula is C44H71N13O9. The molecule has 0 aliphatic carbocycles. The molecule has 7 atom stereocenters. The number of amides is 6. The molecule has 0 saturated carbocycles. The molecular weight excluding hydrogens is 855 g/mol. The van der Waals surface area contributed by atoms with Crippen LogP contribution in [0.3, 0.4) is 0 Å². The summed E-state index contributed by atoms with van der Waals surface area (Å²) < 4.78 is 0. The molecule has 0 fully saturated rings. The van der Waals surface area contributed by atoms with Crippen molar-refractivity contribution in [3.63, 3.8) is 0 Å². The summed E-state index contributed by atoms with van der Waals surface area (Å²) in [4.78, 5) is 90.5. The maximum atomic E-state index is 14.5. The Morgan fingerprint density at radius 2 is 1.00 bits per heavy atom. The number of aliphatic hydroxyl groups excluding tert-OH is 1. The molecule has 0 radical (unpaired) electrons. The zero-order valence-electron chi connectivity index (χ0n) is 38.1. The lowest BCUT2D eigenvalue weighted by Crippen LogP contribution is -2.60. The minimum Gasteiger partial charge on any atom is -0.508 e. The van der Waals surface area contributed by atoms with Crippen molar-refractivity contribution in [1.82, 2.24) is 31.9 Å². The van der Waals surface area contributed by atoms with Crippen LogP contribution in [0.2, 0.25) is 0 Å². The van der Waals surface area contributed by atoms with E-state index in [0.717, 1.165) is 0 Å². The number of rotatable bonds is 30. The molecule has 0 unspecified atom stereocenters. The quantitative estimate of drug-likeness (QED) is 0.0231. The van der Waals surface area contributed by atoms with E-state index in [4.69, 9.17) is 28.7 Å². The van der Waals surface area contributed by atoms with E-state index >= 15 is 0 Å². The van der Waals surface area contributed by atoms with Gasteiger partial charge in [-0.05, 0) is 86.4 Å². The van der Waals surface area contributed by atoms with Gasteiger partial charge in [0.1, 0.15) is 41.7 Å². The molecule has 2 aromatic carbocycles. The monoisotopic (exact) mass is 926 g/mol. The van der Waals surface area contributed by atoms with Crippen molar-refractivity contribution < 1.29 is 44.1 Å². The normalized spacial score (nSPS) is 14.1. The average molecular weight is 926 g/mol. The van der Waals surface area contributed by atoms with Crippen LogP contribution in [0.1, 0.15) is 83.3 Å². The fourth-order valence-electron chi connectivity index (χ4n) is 6.75. The molecule has 0 aliphatic heterocycles. The van der Waals surface area contributed by atoms with Gasteiger partial charge in [0.25, 0.3) is 0 Å². The van der Waals surface area contributed by atoms with Crippen molar-refractivity contribution in [3.05, 3.63) is 59.7 Å². The van der Waals surface area contributed by atoms with Crippen LogP contribution in [0.25, 0.3) is 0 Å². The highest BCUT2D eigenvalue weighted by Gasteiger charge is 2.34. The molecule has 2 rings (SSSR count). The maximum Gasteiger partial charge on any atom is 0.243 e. The molecule has 0 bridgehead atoms. The molecule has 0 aromatic heterocycles. The Morgan fingerprint density at radius 3 is 1.41 bits per heavy atom. The van der Waals surface area contributed by atoms with Gasteiger partial charge in [0.2, 0.25) is 35.4 Å². The lowest BCUT2D eigenvalue weighted by atomic mass is 9.96. The first-order chi connectivity index (χ1) is 31.4. The maximum absolute atomic E-state index is 14.5. The number of guanidine groups is 2. The second-order valence-electron chi connectivity index (χ2n) is 16.1. The van der Waals surface area contributed by atoms with E-state index in [2.05, 4.69) is 41.9 Å². The number of hydrogen-bond acceptors (Lipinski definition) is 12. The fraction of sp³-hybridized carbons (Fsp3) is 0.545. The Morgan fingerprint density at radius 1 is 0.576 bits per heavy atom. The number of aliphatic hydroxyl groups is 1. The Kier molecular flexibility index (Phi) is 25.0. The van der Waals surface area contributed by atoms with E-state index in [-0.39, 0.29) is 81.1 Å². The molecule has 19 N–H and O–H groups in total. The molecule has 0 aliphatic rings. The summed E-state index contributed by atoms with van der Waals surface area (Å²) >= 11 is 0. The predicted octanol–water partition coefficient (Wildman–Crippen LogP) is -1.91. The summed E-state index contributed by atoms with van der Waals surface area (Å²) in [6.45, 7) is 5.24. The van der Waals surface area contributed by atoms with Crippen molar-refractivity contribution in [2.45, 2.75) is 121 Å². The number of carbonyl (C=O) groups is 6.